The average Bonchev–Trinajstić information content (AvgIpc) is 2.91. The zero-order valence-corrected chi connectivity index (χ0v) is 23.9. The van der Waals surface area contributed by atoms with E-state index in [2.05, 4.69) is 5.32 Å². The summed E-state index contributed by atoms with van der Waals surface area (Å²) in [6.45, 7) is 5.27. The van der Waals surface area contributed by atoms with Crippen LogP contribution in [0.4, 0.5) is 5.69 Å². The lowest BCUT2D eigenvalue weighted by Gasteiger charge is -2.32. The van der Waals surface area contributed by atoms with E-state index in [9.17, 15) is 18.0 Å². The van der Waals surface area contributed by atoms with Crippen molar-refractivity contribution in [1.82, 2.24) is 10.2 Å². The van der Waals surface area contributed by atoms with Crippen LogP contribution < -0.4 is 9.62 Å². The molecule has 0 aliphatic heterocycles. The van der Waals surface area contributed by atoms with Crippen molar-refractivity contribution in [3.8, 4) is 0 Å². The average molecular weight is 577 g/mol. The molecule has 0 saturated carbocycles. The fraction of sp³-hybridized carbons (Fsp3) is 0.286. The Morgan fingerprint density at radius 3 is 2.24 bits per heavy atom. The Labute approximate surface area is 234 Å². The van der Waals surface area contributed by atoms with E-state index in [1.807, 2.05) is 6.92 Å². The normalized spacial score (nSPS) is 12.0. The summed E-state index contributed by atoms with van der Waals surface area (Å²) in [5, 5.41) is 3.72. The number of carbonyl (C=O) groups excluding carboxylic acids is 2. The molecule has 3 aromatic rings. The predicted molar refractivity (Wildman–Crippen MR) is 152 cm³/mol. The minimum Gasteiger partial charge on any atom is -0.354 e. The quantitative estimate of drug-likeness (QED) is 0.330. The molecule has 7 nitrogen and oxygen atoms in total. The largest absolute Gasteiger partial charge is 0.354 e. The molecule has 38 heavy (non-hydrogen) atoms. The number of nitrogens with one attached hydrogen (secondary N) is 1. The third-order valence-electron chi connectivity index (χ3n) is 6.10. The molecule has 0 bridgehead atoms. The van der Waals surface area contributed by atoms with Crippen LogP contribution in [-0.4, -0.2) is 44.3 Å². The summed E-state index contributed by atoms with van der Waals surface area (Å²) >= 11 is 12.4. The van der Waals surface area contributed by atoms with Gasteiger partial charge in [-0.1, -0.05) is 66.5 Å². The van der Waals surface area contributed by atoms with E-state index < -0.39 is 28.5 Å². The molecule has 0 saturated heterocycles. The van der Waals surface area contributed by atoms with E-state index in [1.54, 1.807) is 74.5 Å². The van der Waals surface area contributed by atoms with Gasteiger partial charge in [-0.3, -0.25) is 13.9 Å². The van der Waals surface area contributed by atoms with Gasteiger partial charge in [0.25, 0.3) is 10.0 Å². The SMILES string of the molecule is CCCNC(=O)[C@H](C)N(Cc1ccc(Cl)cc1)C(=O)CN(c1cccc(Cl)c1C)S(=O)(=O)c1ccccc1. The number of nitrogens with zero attached hydrogens (tertiary/aromatic N) is 2. The first-order valence-electron chi connectivity index (χ1n) is 12.2. The third-order valence-corrected chi connectivity index (χ3v) is 8.54. The van der Waals surface area contributed by atoms with Gasteiger partial charge in [-0.25, -0.2) is 8.42 Å². The number of sulfonamides is 1. The highest BCUT2D eigenvalue weighted by Gasteiger charge is 2.33. The third kappa shape index (κ3) is 7.07. The van der Waals surface area contributed by atoms with Crippen molar-refractivity contribution in [2.45, 2.75) is 44.7 Å². The molecule has 0 spiro atoms. The van der Waals surface area contributed by atoms with Gasteiger partial charge in [0.05, 0.1) is 10.6 Å². The molecule has 0 fully saturated rings. The summed E-state index contributed by atoms with van der Waals surface area (Å²) in [5.74, 6) is -0.872. The molecule has 202 valence electrons. The zero-order valence-electron chi connectivity index (χ0n) is 21.5. The van der Waals surface area contributed by atoms with Crippen LogP contribution in [0.15, 0.2) is 77.7 Å². The van der Waals surface area contributed by atoms with Gasteiger partial charge >= 0.3 is 0 Å². The van der Waals surface area contributed by atoms with Crippen LogP contribution in [0.1, 0.15) is 31.4 Å². The second kappa shape index (κ2) is 13.1. The van der Waals surface area contributed by atoms with E-state index in [0.717, 1.165) is 16.3 Å². The lowest BCUT2D eigenvalue weighted by atomic mass is 10.1. The lowest BCUT2D eigenvalue weighted by molar-refractivity contribution is -0.139. The Bertz CT molecular complexity index is 1370. The molecule has 3 aromatic carbocycles. The Morgan fingerprint density at radius 2 is 1.61 bits per heavy atom. The van der Waals surface area contributed by atoms with Gasteiger partial charge in [0.1, 0.15) is 12.6 Å². The molecule has 1 N–H and O–H groups in total. The fourth-order valence-corrected chi connectivity index (χ4v) is 5.65. The van der Waals surface area contributed by atoms with Crippen molar-refractivity contribution in [3.63, 3.8) is 0 Å². The van der Waals surface area contributed by atoms with Crippen LogP contribution in [0.5, 0.6) is 0 Å². The Balaban J connectivity index is 2.04. The van der Waals surface area contributed by atoms with Gasteiger partial charge in [-0.2, -0.15) is 0 Å². The monoisotopic (exact) mass is 575 g/mol. The van der Waals surface area contributed by atoms with E-state index in [1.165, 1.54) is 17.0 Å². The molecule has 0 aliphatic rings. The second-order valence-electron chi connectivity index (χ2n) is 8.82. The summed E-state index contributed by atoms with van der Waals surface area (Å²) < 4.78 is 28.7. The van der Waals surface area contributed by atoms with Gasteiger partial charge in [0.15, 0.2) is 0 Å². The minimum atomic E-state index is -4.15. The highest BCUT2D eigenvalue weighted by Crippen LogP contribution is 2.31. The molecule has 10 heteroatoms. The predicted octanol–water partition coefficient (Wildman–Crippen LogP) is 5.44. The van der Waals surface area contributed by atoms with Crippen molar-refractivity contribution in [2.75, 3.05) is 17.4 Å². The van der Waals surface area contributed by atoms with Crippen LogP contribution in [0.25, 0.3) is 0 Å². The van der Waals surface area contributed by atoms with E-state index in [-0.39, 0.29) is 23.0 Å². The first-order valence-corrected chi connectivity index (χ1v) is 14.4. The molecule has 2 amide bonds. The smallest absolute Gasteiger partial charge is 0.264 e. The topological polar surface area (TPSA) is 86.8 Å². The van der Waals surface area contributed by atoms with Gasteiger partial charge in [-0.15, -0.1) is 0 Å². The molecule has 0 aromatic heterocycles. The summed E-state index contributed by atoms with van der Waals surface area (Å²) in [7, 11) is -4.15. The standard InChI is InChI=1S/C28H31Cl2N3O4S/c1-4-17-31-28(35)21(3)32(18-22-13-15-23(29)16-14-22)27(34)19-33(26-12-8-11-25(30)20(26)2)38(36,37)24-9-6-5-7-10-24/h5-16,21H,4,17-19H2,1-3H3,(H,31,35)/t21-/m0/s1. The Morgan fingerprint density at radius 1 is 0.947 bits per heavy atom. The van der Waals surface area contributed by atoms with Crippen LogP contribution in [0, 0.1) is 6.92 Å². The maximum atomic E-state index is 13.9. The second-order valence-corrected chi connectivity index (χ2v) is 11.5. The van der Waals surface area contributed by atoms with E-state index >= 15 is 0 Å². The molecule has 0 radical (unpaired) electrons. The number of carbonyl (C=O) groups is 2. The lowest BCUT2D eigenvalue weighted by Crippen LogP contribution is -2.51. The highest BCUT2D eigenvalue weighted by atomic mass is 35.5. The number of rotatable bonds is 11. The maximum absolute atomic E-state index is 13.9. The van der Waals surface area contributed by atoms with Gasteiger partial charge in [0.2, 0.25) is 11.8 Å². The van der Waals surface area contributed by atoms with Crippen LogP contribution in [-0.2, 0) is 26.2 Å². The number of amides is 2. The number of halogens is 2. The molecule has 0 unspecified atom stereocenters. The van der Waals surface area contributed by atoms with Crippen LogP contribution >= 0.6 is 23.2 Å². The fourth-order valence-electron chi connectivity index (χ4n) is 3.86. The number of hydrogen-bond acceptors (Lipinski definition) is 4. The summed E-state index contributed by atoms with van der Waals surface area (Å²) in [5.41, 5.74) is 1.54. The highest BCUT2D eigenvalue weighted by molar-refractivity contribution is 7.92. The van der Waals surface area contributed by atoms with Crippen molar-refractivity contribution < 1.29 is 18.0 Å². The Kier molecular flexibility index (Phi) is 10.2. The molecular weight excluding hydrogens is 545 g/mol. The van der Waals surface area contributed by atoms with Gasteiger partial charge in [0, 0.05) is 23.1 Å². The van der Waals surface area contributed by atoms with Crippen LogP contribution in [0.2, 0.25) is 10.0 Å². The number of benzene rings is 3. The minimum absolute atomic E-state index is 0.0326. The number of hydrogen-bond donors (Lipinski definition) is 1. The van der Waals surface area contributed by atoms with Gasteiger partial charge in [-0.05, 0) is 67.8 Å². The van der Waals surface area contributed by atoms with Crippen molar-refractivity contribution in [3.05, 3.63) is 94.0 Å². The summed E-state index contributed by atoms with van der Waals surface area (Å²) in [4.78, 5) is 28.2. The first-order chi connectivity index (χ1) is 18.1. The summed E-state index contributed by atoms with van der Waals surface area (Å²) in [6.07, 6.45) is 0.737. The first kappa shape index (κ1) is 29.5. The van der Waals surface area contributed by atoms with Crippen LogP contribution in [0.3, 0.4) is 0 Å². The molecule has 1 atom stereocenters. The molecule has 0 aliphatic carbocycles. The van der Waals surface area contributed by atoms with E-state index in [0.29, 0.717) is 22.2 Å². The van der Waals surface area contributed by atoms with Crippen molar-refractivity contribution in [1.29, 1.82) is 0 Å². The zero-order chi connectivity index (χ0) is 27.9. The van der Waals surface area contributed by atoms with Crippen molar-refractivity contribution in [2.24, 2.45) is 0 Å². The Hall–Kier alpha value is -3.07. The summed E-state index contributed by atoms with van der Waals surface area (Å²) in [6, 6.07) is 18.8. The molecule has 3 rings (SSSR count). The van der Waals surface area contributed by atoms with Gasteiger partial charge < -0.3 is 10.2 Å². The molecular formula is C28H31Cl2N3O4S. The number of anilines is 1. The van der Waals surface area contributed by atoms with Crippen molar-refractivity contribution >= 4 is 50.7 Å². The molecule has 0 heterocycles. The van der Waals surface area contributed by atoms with E-state index in [4.69, 9.17) is 23.2 Å². The maximum Gasteiger partial charge on any atom is 0.264 e.